The second-order valence-corrected chi connectivity index (χ2v) is 9.35. The van der Waals surface area contributed by atoms with E-state index in [0.717, 1.165) is 0 Å². The van der Waals surface area contributed by atoms with Gasteiger partial charge in [-0.05, 0) is 98.8 Å². The Hall–Kier alpha value is -3.13. The molecule has 3 aromatic rings. The topological polar surface area (TPSA) is 109 Å². The first-order valence-corrected chi connectivity index (χ1v) is 12.1. The number of aromatic hydroxyl groups is 1. The van der Waals surface area contributed by atoms with Crippen molar-refractivity contribution >= 4 is 69.3 Å². The number of amides is 2. The fourth-order valence-corrected chi connectivity index (χ4v) is 4.81. The van der Waals surface area contributed by atoms with Crippen LogP contribution in [0, 0.1) is 7.14 Å². The quantitative estimate of drug-likeness (QED) is 0.156. The van der Waals surface area contributed by atoms with Crippen molar-refractivity contribution in [3.63, 3.8) is 0 Å². The van der Waals surface area contributed by atoms with E-state index < -0.39 is 11.8 Å². The summed E-state index contributed by atoms with van der Waals surface area (Å²) in [5.74, 6) is 0.312. The number of carbonyl (C=O) groups excluding carboxylic acids is 2. The number of ether oxygens (including phenoxy) is 2. The van der Waals surface area contributed by atoms with Gasteiger partial charge < -0.3 is 19.9 Å². The maximum atomic E-state index is 12.9. The largest absolute Gasteiger partial charge is 0.506 e. The molecule has 0 spiro atoms. The van der Waals surface area contributed by atoms with Crippen LogP contribution in [0.15, 0.2) is 71.5 Å². The zero-order chi connectivity index (χ0) is 24.1. The molecule has 2 amide bonds. The summed E-state index contributed by atoms with van der Waals surface area (Å²) in [6, 6.07) is 17.2. The molecular formula is C24H17I2N3O5. The molecule has 0 aliphatic carbocycles. The lowest BCUT2D eigenvalue weighted by Crippen LogP contribution is -2.32. The highest BCUT2D eigenvalue weighted by molar-refractivity contribution is 14.1. The van der Waals surface area contributed by atoms with Crippen molar-refractivity contribution < 1.29 is 24.2 Å². The van der Waals surface area contributed by atoms with Crippen LogP contribution in [0.4, 0.5) is 0 Å². The van der Waals surface area contributed by atoms with Crippen molar-refractivity contribution in [2.45, 2.75) is 0 Å². The molecule has 0 radical (unpaired) electrons. The minimum Gasteiger partial charge on any atom is -0.506 e. The summed E-state index contributed by atoms with van der Waals surface area (Å²) in [5.41, 5.74) is 4.17. The number of hydrazone groups is 1. The molecule has 0 saturated heterocycles. The molecule has 0 bridgehead atoms. The van der Waals surface area contributed by atoms with Crippen molar-refractivity contribution in [2.24, 2.45) is 5.10 Å². The molecule has 1 heterocycles. The van der Waals surface area contributed by atoms with E-state index in [1.54, 1.807) is 60.7 Å². The van der Waals surface area contributed by atoms with E-state index in [1.807, 2.05) is 45.2 Å². The number of phenolic OH excluding ortho intramolecular Hbond substituents is 1. The Labute approximate surface area is 222 Å². The van der Waals surface area contributed by atoms with Crippen molar-refractivity contribution in [1.82, 2.24) is 10.7 Å². The molecule has 0 unspecified atom stereocenters. The van der Waals surface area contributed by atoms with Gasteiger partial charge in [0.05, 0.1) is 13.4 Å². The molecule has 3 N–H and O–H groups in total. The summed E-state index contributed by atoms with van der Waals surface area (Å²) >= 11 is 4.03. The molecule has 0 saturated carbocycles. The zero-order valence-corrected chi connectivity index (χ0v) is 21.7. The van der Waals surface area contributed by atoms with Crippen molar-refractivity contribution in [3.8, 4) is 17.2 Å². The fourth-order valence-electron chi connectivity index (χ4n) is 3.00. The number of benzene rings is 3. The van der Waals surface area contributed by atoms with Gasteiger partial charge in [-0.25, -0.2) is 5.43 Å². The predicted octanol–water partition coefficient (Wildman–Crippen LogP) is 4.25. The SMILES string of the molecule is O=C(N/N=C/c1cc(I)c(O)c(I)c1)C(=Cc1ccc2c(c1)OCO2)NC(=O)c1ccccc1. The summed E-state index contributed by atoms with van der Waals surface area (Å²) in [5, 5.41) is 16.6. The standard InChI is InChI=1S/C24H17I2N3O5/c25-17-8-15(9-18(26)22(17)30)12-27-29-24(32)19(28-23(31)16-4-2-1-3-5-16)10-14-6-7-20-21(11-14)34-13-33-20/h1-12,30H,13H2,(H,28,31)(H,29,32)/b19-10?,27-12+. The Morgan fingerprint density at radius 2 is 1.65 bits per heavy atom. The van der Waals surface area contributed by atoms with E-state index in [0.29, 0.717) is 35.3 Å². The molecule has 0 fully saturated rings. The average molecular weight is 681 g/mol. The molecule has 8 nitrogen and oxygen atoms in total. The average Bonchev–Trinajstić information content (AvgIpc) is 3.30. The van der Waals surface area contributed by atoms with E-state index in [9.17, 15) is 14.7 Å². The van der Waals surface area contributed by atoms with Gasteiger partial charge in [0.25, 0.3) is 11.8 Å². The lowest BCUT2D eigenvalue weighted by molar-refractivity contribution is -0.117. The Morgan fingerprint density at radius 1 is 0.941 bits per heavy atom. The van der Waals surface area contributed by atoms with Crippen molar-refractivity contribution in [2.75, 3.05) is 6.79 Å². The second-order valence-electron chi connectivity index (χ2n) is 7.02. The van der Waals surface area contributed by atoms with Crippen LogP contribution in [-0.2, 0) is 4.79 Å². The first-order chi connectivity index (χ1) is 16.4. The van der Waals surface area contributed by atoms with Crippen molar-refractivity contribution in [1.29, 1.82) is 0 Å². The van der Waals surface area contributed by atoms with Crippen LogP contribution < -0.4 is 20.2 Å². The summed E-state index contributed by atoms with van der Waals surface area (Å²) < 4.78 is 12.0. The normalized spacial score (nSPS) is 12.6. The number of hydrogen-bond acceptors (Lipinski definition) is 6. The molecular weight excluding hydrogens is 664 g/mol. The molecule has 1 aliphatic heterocycles. The number of nitrogens with zero attached hydrogens (tertiary/aromatic N) is 1. The van der Waals surface area contributed by atoms with Gasteiger partial charge in [-0.2, -0.15) is 5.10 Å². The fraction of sp³-hybridized carbons (Fsp3) is 0.0417. The first-order valence-electron chi connectivity index (χ1n) is 9.90. The maximum Gasteiger partial charge on any atom is 0.287 e. The number of halogens is 2. The van der Waals surface area contributed by atoms with Gasteiger partial charge in [0.1, 0.15) is 11.4 Å². The number of nitrogens with one attached hydrogen (secondary N) is 2. The molecule has 0 atom stereocenters. The lowest BCUT2D eigenvalue weighted by Gasteiger charge is -2.09. The van der Waals surface area contributed by atoms with Crippen LogP contribution >= 0.6 is 45.2 Å². The highest BCUT2D eigenvalue weighted by Crippen LogP contribution is 2.33. The number of phenols is 1. The van der Waals surface area contributed by atoms with E-state index in [1.165, 1.54) is 12.3 Å². The third kappa shape index (κ3) is 5.86. The maximum absolute atomic E-state index is 12.9. The molecule has 1 aliphatic rings. The zero-order valence-electron chi connectivity index (χ0n) is 17.4. The molecule has 4 rings (SSSR count). The van der Waals surface area contributed by atoms with E-state index in [-0.39, 0.29) is 18.2 Å². The Kier molecular flexibility index (Phi) is 7.67. The second kappa shape index (κ2) is 10.9. The minimum absolute atomic E-state index is 0.000245. The molecule has 172 valence electrons. The van der Waals surface area contributed by atoms with Crippen LogP contribution in [0.2, 0.25) is 0 Å². The Bertz CT molecular complexity index is 1290. The monoisotopic (exact) mass is 681 g/mol. The number of hydrogen-bond donors (Lipinski definition) is 3. The third-order valence-corrected chi connectivity index (χ3v) is 6.30. The first kappa shape index (κ1) is 24.0. The van der Waals surface area contributed by atoms with Crippen LogP contribution in [0.3, 0.4) is 0 Å². The smallest absolute Gasteiger partial charge is 0.287 e. The van der Waals surface area contributed by atoms with Crippen LogP contribution in [0.1, 0.15) is 21.5 Å². The summed E-state index contributed by atoms with van der Waals surface area (Å²) in [6.07, 6.45) is 2.99. The highest BCUT2D eigenvalue weighted by Gasteiger charge is 2.17. The van der Waals surface area contributed by atoms with Gasteiger partial charge in [0, 0.05) is 5.56 Å². The molecule has 10 heteroatoms. The third-order valence-electron chi connectivity index (χ3n) is 4.66. The summed E-state index contributed by atoms with van der Waals surface area (Å²) in [7, 11) is 0. The summed E-state index contributed by atoms with van der Waals surface area (Å²) in [4.78, 5) is 25.6. The van der Waals surface area contributed by atoms with Gasteiger partial charge in [-0.3, -0.25) is 9.59 Å². The van der Waals surface area contributed by atoms with Gasteiger partial charge in [-0.1, -0.05) is 24.3 Å². The highest BCUT2D eigenvalue weighted by atomic mass is 127. The van der Waals surface area contributed by atoms with Crippen LogP contribution in [-0.4, -0.2) is 29.9 Å². The number of rotatable bonds is 6. The van der Waals surface area contributed by atoms with Crippen molar-refractivity contribution in [3.05, 3.63) is 90.2 Å². The van der Waals surface area contributed by atoms with E-state index >= 15 is 0 Å². The number of fused-ring (bicyclic) bond motifs is 1. The van der Waals surface area contributed by atoms with Gasteiger partial charge in [-0.15, -0.1) is 0 Å². The predicted molar refractivity (Wildman–Crippen MR) is 144 cm³/mol. The Morgan fingerprint density at radius 3 is 2.38 bits per heavy atom. The molecule has 0 aromatic heterocycles. The van der Waals surface area contributed by atoms with Gasteiger partial charge >= 0.3 is 0 Å². The van der Waals surface area contributed by atoms with E-state index in [2.05, 4.69) is 15.8 Å². The van der Waals surface area contributed by atoms with Gasteiger partial charge in [0.15, 0.2) is 11.5 Å². The summed E-state index contributed by atoms with van der Waals surface area (Å²) in [6.45, 7) is 0.129. The minimum atomic E-state index is -0.610. The molecule has 3 aromatic carbocycles. The van der Waals surface area contributed by atoms with Crippen LogP contribution in [0.25, 0.3) is 6.08 Å². The molecule has 34 heavy (non-hydrogen) atoms. The van der Waals surface area contributed by atoms with E-state index in [4.69, 9.17) is 9.47 Å². The van der Waals surface area contributed by atoms with Crippen LogP contribution in [0.5, 0.6) is 17.2 Å². The lowest BCUT2D eigenvalue weighted by atomic mass is 10.1. The number of carbonyl (C=O) groups is 2. The Balaban J connectivity index is 1.56. The van der Waals surface area contributed by atoms with Gasteiger partial charge in [0.2, 0.25) is 6.79 Å².